The molecule has 1 unspecified atom stereocenters. The highest BCUT2D eigenvalue weighted by atomic mass is 35.5. The van der Waals surface area contributed by atoms with Gasteiger partial charge >= 0.3 is 0 Å². The minimum absolute atomic E-state index is 0.00925. The highest BCUT2D eigenvalue weighted by molar-refractivity contribution is 6.36. The molecule has 1 aliphatic heterocycles. The predicted molar refractivity (Wildman–Crippen MR) is 164 cm³/mol. The van der Waals surface area contributed by atoms with Crippen LogP contribution in [0.3, 0.4) is 0 Å². The third-order valence-corrected chi connectivity index (χ3v) is 8.17. The van der Waals surface area contributed by atoms with Gasteiger partial charge in [0.1, 0.15) is 25.4 Å². The van der Waals surface area contributed by atoms with Crippen LogP contribution in [0.4, 0.5) is 15.8 Å². The van der Waals surface area contributed by atoms with Gasteiger partial charge in [0.15, 0.2) is 0 Å². The van der Waals surface area contributed by atoms with Crippen molar-refractivity contribution in [1.29, 1.82) is 5.26 Å². The molecule has 1 fully saturated rings. The van der Waals surface area contributed by atoms with Crippen molar-refractivity contribution in [2.24, 2.45) is 5.41 Å². The van der Waals surface area contributed by atoms with E-state index in [0.29, 0.717) is 69.6 Å². The second-order valence-electron chi connectivity index (χ2n) is 11.0. The van der Waals surface area contributed by atoms with E-state index in [4.69, 9.17) is 24.2 Å². The van der Waals surface area contributed by atoms with Crippen LogP contribution in [0.2, 0.25) is 5.02 Å². The van der Waals surface area contributed by atoms with Crippen LogP contribution in [0.1, 0.15) is 36.6 Å². The molecule has 0 spiro atoms. The van der Waals surface area contributed by atoms with Crippen molar-refractivity contribution < 1.29 is 9.13 Å². The maximum absolute atomic E-state index is 13.9. The molecule has 6 rings (SSSR count). The molecule has 4 heterocycles. The van der Waals surface area contributed by atoms with Crippen molar-refractivity contribution in [2.45, 2.75) is 25.2 Å². The van der Waals surface area contributed by atoms with Gasteiger partial charge in [0.25, 0.3) is 0 Å². The van der Waals surface area contributed by atoms with Crippen LogP contribution in [0.5, 0.6) is 0 Å². The summed E-state index contributed by atoms with van der Waals surface area (Å²) in [4.78, 5) is 8.62. The number of hydrogen-bond acceptors (Lipinski definition) is 8. The van der Waals surface area contributed by atoms with Gasteiger partial charge in [-0.15, -0.1) is 5.10 Å². The van der Waals surface area contributed by atoms with E-state index in [1.165, 1.54) is 18.3 Å². The van der Waals surface area contributed by atoms with Crippen LogP contribution >= 0.6 is 11.6 Å². The normalized spacial score (nSPS) is 15.9. The molecule has 0 bridgehead atoms. The van der Waals surface area contributed by atoms with Crippen molar-refractivity contribution in [3.63, 3.8) is 0 Å². The van der Waals surface area contributed by atoms with Crippen LogP contribution in [0.15, 0.2) is 73.3 Å². The number of benzene rings is 2. The molecule has 1 atom stereocenters. The maximum Gasteiger partial charge on any atom is 0.123 e. The number of fused-ring (bicyclic) bond motifs is 1. The molecule has 2 aromatic carbocycles. The fourth-order valence-corrected chi connectivity index (χ4v) is 5.50. The van der Waals surface area contributed by atoms with E-state index in [0.717, 1.165) is 12.8 Å². The Kier molecular flexibility index (Phi) is 7.73. The average molecular weight is 593 g/mol. The van der Waals surface area contributed by atoms with Crippen molar-refractivity contribution >= 4 is 41.7 Å². The highest BCUT2D eigenvalue weighted by Gasteiger charge is 2.33. The molecule has 3 aromatic heterocycles. The zero-order valence-electron chi connectivity index (χ0n) is 23.4. The second-order valence-corrected chi connectivity index (χ2v) is 11.4. The zero-order chi connectivity index (χ0) is 30.0. The van der Waals surface area contributed by atoms with Gasteiger partial charge in [0.2, 0.25) is 0 Å². The summed E-state index contributed by atoms with van der Waals surface area (Å²) >= 11 is 6.77. The summed E-state index contributed by atoms with van der Waals surface area (Å²) in [5.74, 6) is -0.400. The second kappa shape index (κ2) is 11.6. The van der Waals surface area contributed by atoms with E-state index in [-0.39, 0.29) is 5.41 Å². The Morgan fingerprint density at radius 2 is 1.98 bits per heavy atom. The molecule has 214 valence electrons. The molecule has 9 nitrogen and oxygen atoms in total. The molecule has 0 amide bonds. The monoisotopic (exact) mass is 592 g/mol. The number of hydrogen-bond donors (Lipinski definition) is 2. The van der Waals surface area contributed by atoms with Crippen molar-refractivity contribution in [1.82, 2.24) is 25.0 Å². The lowest BCUT2D eigenvalue weighted by Crippen LogP contribution is -2.37. The minimum Gasteiger partial charge on any atom is -0.383 e. The topological polar surface area (TPSA) is 114 Å². The quantitative estimate of drug-likeness (QED) is 0.224. The third-order valence-electron chi connectivity index (χ3n) is 7.89. The zero-order valence-corrected chi connectivity index (χ0v) is 24.1. The van der Waals surface area contributed by atoms with Crippen molar-refractivity contribution in [3.05, 3.63) is 101 Å². The molecule has 12 heteroatoms. The Labute approximate surface area is 254 Å². The number of rotatable bonds is 8. The number of anilines is 2. The molecule has 0 aliphatic carbocycles. The molecule has 2 radical (unpaired) electrons. The summed E-state index contributed by atoms with van der Waals surface area (Å²) in [5.41, 5.74) is 2.28. The van der Waals surface area contributed by atoms with Gasteiger partial charge in [0, 0.05) is 43.2 Å². The van der Waals surface area contributed by atoms with Crippen LogP contribution in [-0.2, 0) is 10.2 Å². The molecule has 5 aromatic rings. The fourth-order valence-electron chi connectivity index (χ4n) is 5.23. The predicted octanol–water partition coefficient (Wildman–Crippen LogP) is 5.58. The average Bonchev–Trinajstić information content (AvgIpc) is 3.52. The third kappa shape index (κ3) is 5.76. The number of pyridine rings is 2. The highest BCUT2D eigenvalue weighted by Crippen LogP contribution is 2.38. The fraction of sp³-hybridized carbons (Fsp3) is 0.258. The number of nitrogens with zero attached hydrogens (tertiary/aromatic N) is 6. The number of nitrogens with one attached hydrogen (secondary N) is 2. The molecule has 1 saturated heterocycles. The Morgan fingerprint density at radius 3 is 2.70 bits per heavy atom. The minimum atomic E-state index is -1.45. The summed E-state index contributed by atoms with van der Waals surface area (Å²) < 4.78 is 21.1. The standard InChI is InChI=1S/C31H27BClFN8O/c1-30(8-11-43-12-9-30)19-38-28-20(15-35)16-37-29-25(28)13-23(14-26(29)33)39-31(32,21-4-6-22(34)7-5-21)27-18-42(41-40-27)24-3-2-10-36-17-24/h2-7,10,13-14,16-18,39H,8-9,11-12,19H2,1H3,(H,37,38). The Balaban J connectivity index is 1.42. The van der Waals surface area contributed by atoms with Gasteiger partial charge in [-0.25, -0.2) is 9.07 Å². The molecular weight excluding hydrogens is 566 g/mol. The molecule has 0 saturated carbocycles. The maximum atomic E-state index is 13.9. The van der Waals surface area contributed by atoms with Gasteiger partial charge in [-0.1, -0.05) is 35.9 Å². The number of nitriles is 1. The van der Waals surface area contributed by atoms with Crippen molar-refractivity contribution in [2.75, 3.05) is 30.4 Å². The first kappa shape index (κ1) is 28.6. The van der Waals surface area contributed by atoms with Crippen molar-refractivity contribution in [3.8, 4) is 11.8 Å². The summed E-state index contributed by atoms with van der Waals surface area (Å²) in [6.07, 6.45) is 8.35. The van der Waals surface area contributed by atoms with E-state index in [1.54, 1.807) is 47.5 Å². The van der Waals surface area contributed by atoms with E-state index < -0.39 is 11.3 Å². The van der Waals surface area contributed by atoms with E-state index >= 15 is 0 Å². The Bertz CT molecular complexity index is 1810. The summed E-state index contributed by atoms with van der Waals surface area (Å²) in [6, 6.07) is 15.3. The molecular formula is C31H27BClFN8O. The first-order valence-electron chi connectivity index (χ1n) is 13.8. The van der Waals surface area contributed by atoms with Crippen LogP contribution < -0.4 is 10.6 Å². The number of halogens is 2. The first-order valence-corrected chi connectivity index (χ1v) is 14.2. The van der Waals surface area contributed by atoms with Gasteiger partial charge in [-0.2, -0.15) is 5.26 Å². The van der Waals surface area contributed by atoms with Gasteiger partial charge in [-0.05, 0) is 60.2 Å². The molecule has 43 heavy (non-hydrogen) atoms. The summed E-state index contributed by atoms with van der Waals surface area (Å²) in [6.45, 7) is 4.26. The van der Waals surface area contributed by atoms with Crippen LogP contribution in [0.25, 0.3) is 16.6 Å². The lowest BCUT2D eigenvalue weighted by Gasteiger charge is -2.34. The summed E-state index contributed by atoms with van der Waals surface area (Å²) in [5, 5.41) is 26.5. The Morgan fingerprint density at radius 1 is 1.19 bits per heavy atom. The molecule has 2 N–H and O–H groups in total. The van der Waals surface area contributed by atoms with E-state index in [2.05, 4.69) is 43.9 Å². The smallest absolute Gasteiger partial charge is 0.123 e. The SMILES string of the molecule is [B]C(Nc1cc(Cl)c2ncc(C#N)c(NCC3(C)CCOCC3)c2c1)(c1ccc(F)cc1)c1cn(-c2cccnc2)nn1. The largest absolute Gasteiger partial charge is 0.383 e. The molecule has 1 aliphatic rings. The van der Waals surface area contributed by atoms with E-state index in [1.807, 2.05) is 12.1 Å². The Hall–Kier alpha value is -4.53. The first-order chi connectivity index (χ1) is 20.8. The van der Waals surface area contributed by atoms with Gasteiger partial charge < -0.3 is 15.4 Å². The van der Waals surface area contributed by atoms with Gasteiger partial charge in [0.05, 0.1) is 45.3 Å². The van der Waals surface area contributed by atoms with Crippen LogP contribution in [-0.4, -0.2) is 52.6 Å². The lowest BCUT2D eigenvalue weighted by atomic mass is 9.69. The van der Waals surface area contributed by atoms with E-state index in [9.17, 15) is 9.65 Å². The summed E-state index contributed by atoms with van der Waals surface area (Å²) in [7, 11) is 7.07. The van der Waals surface area contributed by atoms with Gasteiger partial charge in [-0.3, -0.25) is 9.97 Å². The number of ether oxygens (including phenoxy) is 1. The number of aromatic nitrogens is 5. The van der Waals surface area contributed by atoms with Crippen LogP contribution in [0, 0.1) is 22.6 Å². The lowest BCUT2D eigenvalue weighted by molar-refractivity contribution is 0.0300.